The van der Waals surface area contributed by atoms with E-state index in [2.05, 4.69) is 34.9 Å². The molecule has 0 heterocycles. The van der Waals surface area contributed by atoms with Crippen molar-refractivity contribution in [1.29, 1.82) is 0 Å². The molecule has 2 aromatic rings. The molecule has 10 nitrogen and oxygen atoms in total. The summed E-state index contributed by atoms with van der Waals surface area (Å²) in [5.41, 5.74) is 13.4. The lowest BCUT2D eigenvalue weighted by Gasteiger charge is -2.26. The summed E-state index contributed by atoms with van der Waals surface area (Å²) < 4.78 is 34.0. The van der Waals surface area contributed by atoms with Gasteiger partial charge < -0.3 is 48.7 Å². The number of nitrogens with one attached hydrogen (secondary N) is 2. The molecule has 2 aromatic carbocycles. The monoisotopic (exact) mass is 596 g/mol. The fourth-order valence-electron chi connectivity index (χ4n) is 3.85. The molecule has 0 spiro atoms. The van der Waals surface area contributed by atoms with E-state index < -0.39 is 17.6 Å². The molecule has 0 radical (unpaired) electrons. The third kappa shape index (κ3) is 15.5. The second kappa shape index (κ2) is 23.1. The van der Waals surface area contributed by atoms with Crippen LogP contribution in [0.3, 0.4) is 0 Å². The molecule has 0 aliphatic rings. The predicted octanol–water partition coefficient (Wildman–Crippen LogP) is 2.05. The third-order valence-electron chi connectivity index (χ3n) is 6.21. The van der Waals surface area contributed by atoms with Crippen LogP contribution in [0.2, 0.25) is 12.1 Å². The summed E-state index contributed by atoms with van der Waals surface area (Å²) in [6.45, 7) is 5.50. The molecular formula is C28H52N4O6Si2. The van der Waals surface area contributed by atoms with Crippen LogP contribution >= 0.6 is 0 Å². The summed E-state index contributed by atoms with van der Waals surface area (Å²) in [6.07, 6.45) is 1.79. The summed E-state index contributed by atoms with van der Waals surface area (Å²) in [4.78, 5) is 0. The Kier molecular flexibility index (Phi) is 21.1. The summed E-state index contributed by atoms with van der Waals surface area (Å²) in [6, 6.07) is 22.2. The summed E-state index contributed by atoms with van der Waals surface area (Å²) in [5.74, 6) is 0. The van der Waals surface area contributed by atoms with E-state index in [1.54, 1.807) is 28.4 Å². The van der Waals surface area contributed by atoms with Gasteiger partial charge in [0, 0.05) is 79.8 Å². The van der Waals surface area contributed by atoms with Crippen molar-refractivity contribution in [1.82, 2.24) is 10.6 Å². The quantitative estimate of drug-likeness (QED) is 0.118. The molecule has 228 valence electrons. The Labute approximate surface area is 243 Å². The van der Waals surface area contributed by atoms with Gasteiger partial charge in [-0.25, -0.2) is 0 Å². The number of benzene rings is 2. The first-order valence-corrected chi connectivity index (χ1v) is 17.8. The van der Waals surface area contributed by atoms with Gasteiger partial charge in [-0.1, -0.05) is 60.7 Å². The molecular weight excluding hydrogens is 545 g/mol. The van der Waals surface area contributed by atoms with E-state index in [4.69, 9.17) is 38.0 Å². The first-order valence-electron chi connectivity index (χ1n) is 13.9. The first-order chi connectivity index (χ1) is 19.5. The lowest BCUT2D eigenvalue weighted by atomic mass is 10.2. The highest BCUT2D eigenvalue weighted by Crippen LogP contribution is 2.18. The van der Waals surface area contributed by atoms with Gasteiger partial charge in [0.05, 0.1) is 13.2 Å². The molecule has 0 bridgehead atoms. The van der Waals surface area contributed by atoms with Crippen LogP contribution in [0.25, 0.3) is 0 Å². The summed E-state index contributed by atoms with van der Waals surface area (Å²) in [7, 11) is 1.53. The number of nitrogens with two attached hydrogens (primary N) is 2. The zero-order valence-electron chi connectivity index (χ0n) is 24.9. The average molecular weight is 597 g/mol. The van der Waals surface area contributed by atoms with Gasteiger partial charge in [-0.2, -0.15) is 0 Å². The number of rotatable bonds is 22. The maximum atomic E-state index is 5.89. The van der Waals surface area contributed by atoms with Crippen LogP contribution in [0.5, 0.6) is 0 Å². The normalized spacial score (nSPS) is 11.8. The third-order valence-corrected chi connectivity index (χ3v) is 11.7. The van der Waals surface area contributed by atoms with Gasteiger partial charge in [0.15, 0.2) is 0 Å². The van der Waals surface area contributed by atoms with Gasteiger partial charge in [-0.15, -0.1) is 0 Å². The zero-order chi connectivity index (χ0) is 29.4. The number of hydrogen-bond acceptors (Lipinski definition) is 10. The van der Waals surface area contributed by atoms with Crippen molar-refractivity contribution < 1.29 is 26.6 Å². The zero-order valence-corrected chi connectivity index (χ0v) is 26.9. The topological polar surface area (TPSA) is 131 Å². The van der Waals surface area contributed by atoms with Crippen molar-refractivity contribution in [3.05, 3.63) is 71.8 Å². The van der Waals surface area contributed by atoms with Gasteiger partial charge in [0.2, 0.25) is 0 Å². The van der Waals surface area contributed by atoms with Gasteiger partial charge in [-0.3, -0.25) is 0 Å². The minimum absolute atomic E-state index is 0.572. The molecule has 2 rings (SSSR count). The SMILES string of the molecule is CO[Si](CCc1ccccc1)(OC)OCCNCCN.CO[Si](CCc1ccccc1)(OC)OCCNCCN. The minimum atomic E-state index is -2.56. The van der Waals surface area contributed by atoms with Crippen molar-refractivity contribution >= 4 is 17.6 Å². The number of hydrogen-bond donors (Lipinski definition) is 4. The van der Waals surface area contributed by atoms with E-state index >= 15 is 0 Å². The van der Waals surface area contributed by atoms with Crippen molar-refractivity contribution in [2.24, 2.45) is 11.5 Å². The molecule has 12 heteroatoms. The fourth-order valence-corrected chi connectivity index (χ4v) is 7.78. The largest absolute Gasteiger partial charge is 0.500 e. The smallest absolute Gasteiger partial charge is 0.377 e. The van der Waals surface area contributed by atoms with Gasteiger partial charge in [0.25, 0.3) is 0 Å². The highest BCUT2D eigenvalue weighted by molar-refractivity contribution is 6.61. The lowest BCUT2D eigenvalue weighted by Crippen LogP contribution is -2.45. The lowest BCUT2D eigenvalue weighted by molar-refractivity contribution is 0.0986. The Hall–Kier alpha value is -1.53. The second-order valence-electron chi connectivity index (χ2n) is 8.93. The molecule has 0 atom stereocenters. The van der Waals surface area contributed by atoms with Crippen LogP contribution in [0, 0.1) is 0 Å². The van der Waals surface area contributed by atoms with E-state index in [-0.39, 0.29) is 0 Å². The van der Waals surface area contributed by atoms with E-state index in [9.17, 15) is 0 Å². The van der Waals surface area contributed by atoms with Crippen LogP contribution in [-0.2, 0) is 39.4 Å². The standard InChI is InChI=1S/2C14H26N2O3Si/c2*1-17-20(18-2,19-12-11-16-10-9-15)13-8-14-6-4-3-5-7-14/h2*3-7,16H,8-13,15H2,1-2H3. The van der Waals surface area contributed by atoms with E-state index in [0.717, 1.165) is 51.1 Å². The van der Waals surface area contributed by atoms with E-state index in [1.807, 2.05) is 36.4 Å². The van der Waals surface area contributed by atoms with Crippen LogP contribution in [0.4, 0.5) is 0 Å². The molecule has 0 saturated heterocycles. The minimum Gasteiger partial charge on any atom is -0.377 e. The van der Waals surface area contributed by atoms with Gasteiger partial charge >= 0.3 is 17.6 Å². The molecule has 40 heavy (non-hydrogen) atoms. The van der Waals surface area contributed by atoms with E-state index in [0.29, 0.717) is 26.3 Å². The first kappa shape index (κ1) is 36.5. The molecule has 0 saturated carbocycles. The molecule has 0 aliphatic heterocycles. The fraction of sp³-hybridized carbons (Fsp3) is 0.571. The molecule has 0 amide bonds. The Morgan fingerprint density at radius 2 is 0.900 bits per heavy atom. The Morgan fingerprint density at radius 3 is 1.20 bits per heavy atom. The predicted molar refractivity (Wildman–Crippen MR) is 165 cm³/mol. The maximum Gasteiger partial charge on any atom is 0.500 e. The highest BCUT2D eigenvalue weighted by atomic mass is 28.4. The van der Waals surface area contributed by atoms with Crippen molar-refractivity contribution in [3.8, 4) is 0 Å². The Morgan fingerprint density at radius 1 is 0.550 bits per heavy atom. The maximum absolute atomic E-state index is 5.89. The average Bonchev–Trinajstić information content (AvgIpc) is 3.02. The molecule has 6 N–H and O–H groups in total. The Balaban J connectivity index is 0.000000400. The molecule has 0 fully saturated rings. The van der Waals surface area contributed by atoms with Crippen LogP contribution in [-0.4, -0.2) is 98.5 Å². The van der Waals surface area contributed by atoms with Crippen LogP contribution in [0.15, 0.2) is 60.7 Å². The van der Waals surface area contributed by atoms with Crippen molar-refractivity contribution in [3.63, 3.8) is 0 Å². The van der Waals surface area contributed by atoms with E-state index in [1.165, 1.54) is 11.1 Å². The van der Waals surface area contributed by atoms with Crippen molar-refractivity contribution in [2.45, 2.75) is 24.9 Å². The van der Waals surface area contributed by atoms with Crippen LogP contribution < -0.4 is 22.1 Å². The number of aryl methyl sites for hydroxylation is 2. The summed E-state index contributed by atoms with van der Waals surface area (Å²) in [5, 5.41) is 6.38. The van der Waals surface area contributed by atoms with Crippen molar-refractivity contribution in [2.75, 3.05) is 80.9 Å². The van der Waals surface area contributed by atoms with Gasteiger partial charge in [-0.05, 0) is 24.0 Å². The Bertz CT molecular complexity index is 765. The highest BCUT2D eigenvalue weighted by Gasteiger charge is 2.39. The summed E-state index contributed by atoms with van der Waals surface area (Å²) >= 11 is 0. The van der Waals surface area contributed by atoms with Crippen LogP contribution in [0.1, 0.15) is 11.1 Å². The molecule has 0 aliphatic carbocycles. The van der Waals surface area contributed by atoms with Gasteiger partial charge in [0.1, 0.15) is 0 Å². The molecule has 0 aromatic heterocycles. The molecule has 0 unspecified atom stereocenters. The second-order valence-corrected chi connectivity index (χ2v) is 14.9.